The van der Waals surface area contributed by atoms with Gasteiger partial charge in [-0.25, -0.2) is 4.98 Å². The van der Waals surface area contributed by atoms with Gasteiger partial charge in [0.2, 0.25) is 11.2 Å². The third kappa shape index (κ3) is 3.77. The monoisotopic (exact) mass is 386 g/mol. The summed E-state index contributed by atoms with van der Waals surface area (Å²) in [7, 11) is 0. The Hall–Kier alpha value is -2.18. The van der Waals surface area contributed by atoms with E-state index in [1.54, 1.807) is 6.20 Å². The van der Waals surface area contributed by atoms with Gasteiger partial charge in [0.1, 0.15) is 11.7 Å². The minimum atomic E-state index is -0.249. The van der Waals surface area contributed by atoms with Crippen LogP contribution in [0, 0.1) is 0 Å². The maximum atomic E-state index is 12.6. The molecule has 1 amide bonds. The molecule has 4 rings (SSSR count). The summed E-state index contributed by atoms with van der Waals surface area (Å²) < 4.78 is 6.13. The molecule has 3 atom stereocenters. The van der Waals surface area contributed by atoms with E-state index in [1.807, 2.05) is 25.1 Å². The fourth-order valence-electron chi connectivity index (χ4n) is 4.05. The van der Waals surface area contributed by atoms with Gasteiger partial charge in [0.25, 0.3) is 0 Å². The highest BCUT2D eigenvalue weighted by Crippen LogP contribution is 2.38. The highest BCUT2D eigenvalue weighted by atomic mass is 35.5. The second-order valence-corrected chi connectivity index (χ2v) is 7.42. The van der Waals surface area contributed by atoms with Crippen LogP contribution in [0.15, 0.2) is 36.5 Å². The molecule has 0 saturated heterocycles. The summed E-state index contributed by atoms with van der Waals surface area (Å²) in [6.45, 7) is 2.63. The van der Waals surface area contributed by atoms with Gasteiger partial charge in [-0.3, -0.25) is 4.79 Å². The second-order valence-electron chi connectivity index (χ2n) is 7.08. The number of rotatable bonds is 5. The van der Waals surface area contributed by atoms with Gasteiger partial charge in [-0.1, -0.05) is 37.3 Å². The first-order valence-corrected chi connectivity index (χ1v) is 9.80. The van der Waals surface area contributed by atoms with Crippen LogP contribution in [0.5, 0.6) is 0 Å². The van der Waals surface area contributed by atoms with E-state index in [4.69, 9.17) is 16.3 Å². The van der Waals surface area contributed by atoms with E-state index in [0.29, 0.717) is 18.7 Å². The van der Waals surface area contributed by atoms with Crippen molar-refractivity contribution in [2.75, 3.05) is 10.2 Å². The van der Waals surface area contributed by atoms with Crippen molar-refractivity contribution in [2.45, 2.75) is 57.4 Å². The van der Waals surface area contributed by atoms with Crippen LogP contribution in [0.3, 0.4) is 0 Å². The van der Waals surface area contributed by atoms with Crippen LogP contribution in [0.2, 0.25) is 5.28 Å². The first kappa shape index (κ1) is 18.2. The molecule has 6 nitrogen and oxygen atoms in total. The van der Waals surface area contributed by atoms with Crippen LogP contribution in [0.4, 0.5) is 11.5 Å². The molecule has 142 valence electrons. The third-order valence-electron chi connectivity index (χ3n) is 5.35. The number of ether oxygens (including phenoxy) is 1. The fraction of sp³-hybridized carbons (Fsp3) is 0.450. The van der Waals surface area contributed by atoms with E-state index >= 15 is 0 Å². The van der Waals surface area contributed by atoms with E-state index in [0.717, 1.165) is 25.1 Å². The van der Waals surface area contributed by atoms with E-state index < -0.39 is 0 Å². The predicted octanol–water partition coefficient (Wildman–Crippen LogP) is 3.81. The van der Waals surface area contributed by atoms with E-state index in [2.05, 4.69) is 32.3 Å². The Morgan fingerprint density at radius 3 is 2.89 bits per heavy atom. The van der Waals surface area contributed by atoms with Crippen molar-refractivity contribution in [1.29, 1.82) is 0 Å². The lowest BCUT2D eigenvalue weighted by Gasteiger charge is -2.40. The highest BCUT2D eigenvalue weighted by molar-refractivity contribution is 6.28. The summed E-state index contributed by atoms with van der Waals surface area (Å²) >= 11 is 6.04. The van der Waals surface area contributed by atoms with E-state index in [-0.39, 0.29) is 29.4 Å². The zero-order valence-electron chi connectivity index (χ0n) is 15.3. The average molecular weight is 387 g/mol. The van der Waals surface area contributed by atoms with Crippen LogP contribution in [0.1, 0.15) is 38.2 Å². The van der Waals surface area contributed by atoms with Crippen molar-refractivity contribution in [2.24, 2.45) is 0 Å². The summed E-state index contributed by atoms with van der Waals surface area (Å²) in [5.41, 5.74) is 1.80. The fourth-order valence-corrected chi connectivity index (χ4v) is 4.18. The van der Waals surface area contributed by atoms with Crippen LogP contribution < -0.4 is 10.2 Å². The number of benzene rings is 1. The largest absolute Gasteiger partial charge is 0.373 e. The van der Waals surface area contributed by atoms with Crippen molar-refractivity contribution < 1.29 is 9.53 Å². The average Bonchev–Trinajstić information content (AvgIpc) is 3.15. The summed E-state index contributed by atoms with van der Waals surface area (Å²) in [6.07, 6.45) is 5.28. The van der Waals surface area contributed by atoms with Crippen LogP contribution in [-0.2, 0) is 16.1 Å². The zero-order valence-corrected chi connectivity index (χ0v) is 16.0. The Balaban J connectivity index is 1.50. The maximum Gasteiger partial charge on any atom is 0.247 e. The summed E-state index contributed by atoms with van der Waals surface area (Å²) in [4.78, 5) is 23.1. The lowest BCUT2D eigenvalue weighted by molar-refractivity contribution is -0.118. The molecule has 27 heavy (non-hydrogen) atoms. The molecule has 1 aromatic heterocycles. The quantitative estimate of drug-likeness (QED) is 0.791. The number of carbonyl (C=O) groups excluding carboxylic acids is 1. The first-order valence-electron chi connectivity index (χ1n) is 9.43. The van der Waals surface area contributed by atoms with Gasteiger partial charge in [-0.2, -0.15) is 4.98 Å². The Bertz CT molecular complexity index is 817. The summed E-state index contributed by atoms with van der Waals surface area (Å²) in [6, 6.07) is 10.1. The van der Waals surface area contributed by atoms with Crippen molar-refractivity contribution in [1.82, 2.24) is 9.97 Å². The Kier molecular flexibility index (Phi) is 5.27. The van der Waals surface area contributed by atoms with Gasteiger partial charge in [0, 0.05) is 6.04 Å². The molecule has 1 N–H and O–H groups in total. The van der Waals surface area contributed by atoms with Gasteiger partial charge in [-0.05, 0) is 42.8 Å². The smallest absolute Gasteiger partial charge is 0.247 e. The Morgan fingerprint density at radius 2 is 2.11 bits per heavy atom. The zero-order chi connectivity index (χ0) is 18.8. The number of nitrogens with one attached hydrogen (secondary N) is 1. The van der Waals surface area contributed by atoms with Crippen molar-refractivity contribution >= 4 is 29.0 Å². The molecular formula is C20H23ClN4O2. The molecule has 1 saturated carbocycles. The minimum absolute atomic E-state index is 0.00965. The number of carbonyl (C=O) groups is 1. The molecule has 1 aliphatic carbocycles. The van der Waals surface area contributed by atoms with Gasteiger partial charge in [0.05, 0.1) is 18.9 Å². The van der Waals surface area contributed by atoms with Crippen LogP contribution in [-0.4, -0.2) is 34.1 Å². The lowest BCUT2D eigenvalue weighted by atomic mass is 10.0. The molecule has 2 aliphatic rings. The molecule has 2 aromatic rings. The number of amides is 1. The lowest BCUT2D eigenvalue weighted by Crippen LogP contribution is -2.52. The molecule has 0 radical (unpaired) electrons. The third-order valence-corrected chi connectivity index (χ3v) is 5.53. The molecular weight excluding hydrogens is 364 g/mol. The van der Waals surface area contributed by atoms with Gasteiger partial charge >= 0.3 is 0 Å². The number of halogens is 1. The molecule has 7 heteroatoms. The Labute approximate surface area is 163 Å². The number of hydrogen-bond donors (Lipinski definition) is 1. The number of aromatic nitrogens is 2. The molecule has 0 spiro atoms. The first-order chi connectivity index (χ1) is 13.2. The minimum Gasteiger partial charge on any atom is -0.373 e. The van der Waals surface area contributed by atoms with Gasteiger partial charge in [-0.15, -0.1) is 0 Å². The van der Waals surface area contributed by atoms with Crippen molar-refractivity contribution in [3.8, 4) is 0 Å². The van der Waals surface area contributed by atoms with Gasteiger partial charge < -0.3 is 15.0 Å². The molecule has 1 aromatic carbocycles. The van der Waals surface area contributed by atoms with E-state index in [1.165, 1.54) is 5.56 Å². The summed E-state index contributed by atoms with van der Waals surface area (Å²) in [5, 5.41) is 3.10. The normalized spacial score (nSPS) is 24.6. The summed E-state index contributed by atoms with van der Waals surface area (Å²) in [5.74, 6) is 0.708. The van der Waals surface area contributed by atoms with Crippen molar-refractivity contribution in [3.63, 3.8) is 0 Å². The van der Waals surface area contributed by atoms with Crippen LogP contribution in [0.25, 0.3) is 0 Å². The molecule has 2 heterocycles. The molecule has 1 fully saturated rings. The maximum absolute atomic E-state index is 12.6. The SMILES string of the molecule is CCC1C(=O)Nc2cnc(Cl)nc2N1C1CCC(OCc2ccccc2)C1. The molecule has 1 aliphatic heterocycles. The second kappa shape index (κ2) is 7.82. The predicted molar refractivity (Wildman–Crippen MR) is 105 cm³/mol. The highest BCUT2D eigenvalue weighted by Gasteiger charge is 2.40. The van der Waals surface area contributed by atoms with Crippen LogP contribution >= 0.6 is 11.6 Å². The topological polar surface area (TPSA) is 67.4 Å². The standard InChI is InChI=1S/C20H23ClN4O2/c1-2-17-19(26)23-16-11-22-20(21)24-18(16)25(17)14-8-9-15(10-14)27-12-13-6-4-3-5-7-13/h3-7,11,14-15,17H,2,8-10,12H2,1H3,(H,23,26). The van der Waals surface area contributed by atoms with E-state index in [9.17, 15) is 4.79 Å². The van der Waals surface area contributed by atoms with Crippen molar-refractivity contribution in [3.05, 3.63) is 47.4 Å². The number of nitrogens with zero attached hydrogens (tertiary/aromatic N) is 3. The Morgan fingerprint density at radius 1 is 1.30 bits per heavy atom. The van der Waals surface area contributed by atoms with Gasteiger partial charge in [0.15, 0.2) is 5.82 Å². The number of anilines is 2. The number of hydrogen-bond acceptors (Lipinski definition) is 5. The molecule has 0 bridgehead atoms. The number of fused-ring (bicyclic) bond motifs is 1. The molecule has 3 unspecified atom stereocenters.